The maximum atomic E-state index is 8.18. The molecule has 0 aliphatic heterocycles. The molecule has 18 heavy (non-hydrogen) atoms. The second-order valence-electron chi connectivity index (χ2n) is 4.98. The molecular weight excluding hydrogens is 220 g/mol. The van der Waals surface area contributed by atoms with Gasteiger partial charge in [0.25, 0.3) is 0 Å². The minimum Gasteiger partial charge on any atom is -0.396 e. The molecule has 0 fully saturated rings. The smallest absolute Gasteiger partial charge is 0.0850 e. The van der Waals surface area contributed by atoms with Crippen molar-refractivity contribution >= 4 is 5.71 Å². The lowest BCUT2D eigenvalue weighted by atomic mass is 9.88. The van der Waals surface area contributed by atoms with E-state index in [0.717, 1.165) is 27.9 Å². The first-order valence-electron chi connectivity index (χ1n) is 6.05. The van der Waals surface area contributed by atoms with Gasteiger partial charge in [0.1, 0.15) is 0 Å². The molecule has 0 aromatic carbocycles. The van der Waals surface area contributed by atoms with Gasteiger partial charge < -0.3 is 5.73 Å². The first kappa shape index (κ1) is 14.2. The number of allylic oxidation sites excluding steroid dienone is 8. The van der Waals surface area contributed by atoms with E-state index in [1.165, 1.54) is 5.57 Å². The molecule has 0 spiro atoms. The topological polar surface area (TPSA) is 49.9 Å². The van der Waals surface area contributed by atoms with E-state index in [1.54, 1.807) is 0 Å². The summed E-state index contributed by atoms with van der Waals surface area (Å²) in [6.07, 6.45) is 3.96. The largest absolute Gasteiger partial charge is 0.396 e. The lowest BCUT2D eigenvalue weighted by Crippen LogP contribution is -2.19. The van der Waals surface area contributed by atoms with E-state index >= 15 is 0 Å². The minimum absolute atomic E-state index is 0.397. The van der Waals surface area contributed by atoms with Crippen molar-refractivity contribution in [1.82, 2.24) is 0 Å². The highest BCUT2D eigenvalue weighted by atomic mass is 14.7. The van der Waals surface area contributed by atoms with Crippen molar-refractivity contribution in [3.05, 3.63) is 57.9 Å². The summed E-state index contributed by atoms with van der Waals surface area (Å²) >= 11 is 0. The third-order valence-electron chi connectivity index (χ3n) is 3.44. The predicted octanol–water partition coefficient (Wildman–Crippen LogP) is 4.04. The Morgan fingerprint density at radius 2 is 1.67 bits per heavy atom. The van der Waals surface area contributed by atoms with Crippen molar-refractivity contribution in [3.8, 4) is 0 Å². The van der Waals surface area contributed by atoms with Gasteiger partial charge in [0.05, 0.1) is 11.4 Å². The van der Waals surface area contributed by atoms with Crippen molar-refractivity contribution in [1.29, 1.82) is 5.41 Å². The van der Waals surface area contributed by atoms with Gasteiger partial charge >= 0.3 is 0 Å². The Morgan fingerprint density at radius 3 is 2.11 bits per heavy atom. The molecule has 1 rings (SSSR count). The molecule has 0 atom stereocenters. The molecule has 0 radical (unpaired) electrons. The number of hydrogen-bond acceptors (Lipinski definition) is 2. The lowest BCUT2D eigenvalue weighted by molar-refractivity contribution is 1.21. The molecule has 0 aromatic heterocycles. The second-order valence-corrected chi connectivity index (χ2v) is 4.98. The predicted molar refractivity (Wildman–Crippen MR) is 79.6 cm³/mol. The highest BCUT2D eigenvalue weighted by Crippen LogP contribution is 2.27. The number of nitrogens with one attached hydrogen (secondary N) is 1. The standard InChI is InChI=1S/C16H22N2/c1-9(2)11(5)13-7-8-14(12(6)10(3)4)16(18)15(13)17/h7-8,17H,1,18H2,2-6H3/b13-11-,17-15?. The average Bonchev–Trinajstić information content (AvgIpc) is 2.30. The summed E-state index contributed by atoms with van der Waals surface area (Å²) in [4.78, 5) is 0. The molecule has 96 valence electrons. The van der Waals surface area contributed by atoms with Crippen LogP contribution in [0.3, 0.4) is 0 Å². The Bertz CT molecular complexity index is 533. The molecule has 0 bridgehead atoms. The molecule has 0 saturated carbocycles. The van der Waals surface area contributed by atoms with Crippen LogP contribution in [0.2, 0.25) is 0 Å². The highest BCUT2D eigenvalue weighted by molar-refractivity contribution is 6.14. The average molecular weight is 242 g/mol. The lowest BCUT2D eigenvalue weighted by Gasteiger charge is -2.19. The van der Waals surface area contributed by atoms with Crippen LogP contribution in [0.1, 0.15) is 34.6 Å². The fraction of sp³-hybridized carbons (Fsp3) is 0.312. The van der Waals surface area contributed by atoms with Crippen LogP contribution in [0.15, 0.2) is 57.9 Å². The van der Waals surface area contributed by atoms with E-state index in [9.17, 15) is 0 Å². The zero-order valence-corrected chi connectivity index (χ0v) is 11.9. The minimum atomic E-state index is 0.397. The van der Waals surface area contributed by atoms with Crippen molar-refractivity contribution in [3.63, 3.8) is 0 Å². The zero-order chi connectivity index (χ0) is 14.0. The Kier molecular flexibility index (Phi) is 4.12. The monoisotopic (exact) mass is 242 g/mol. The molecule has 3 N–H and O–H groups in total. The molecule has 0 heterocycles. The van der Waals surface area contributed by atoms with Gasteiger partial charge in [-0.3, -0.25) is 5.41 Å². The molecule has 0 unspecified atom stereocenters. The Hall–Kier alpha value is -1.83. The molecule has 1 aliphatic rings. The summed E-state index contributed by atoms with van der Waals surface area (Å²) in [5.74, 6) is 0. The second kappa shape index (κ2) is 5.21. The van der Waals surface area contributed by atoms with E-state index in [1.807, 2.05) is 32.9 Å². The zero-order valence-electron chi connectivity index (χ0n) is 11.9. The summed E-state index contributed by atoms with van der Waals surface area (Å²) in [5, 5.41) is 8.18. The number of rotatable bonds is 2. The summed E-state index contributed by atoms with van der Waals surface area (Å²) in [7, 11) is 0. The number of hydrogen-bond donors (Lipinski definition) is 2. The van der Waals surface area contributed by atoms with Crippen molar-refractivity contribution in [2.75, 3.05) is 0 Å². The van der Waals surface area contributed by atoms with Gasteiger partial charge in [-0.05, 0) is 45.8 Å². The maximum absolute atomic E-state index is 8.18. The molecule has 0 aromatic rings. The van der Waals surface area contributed by atoms with Crippen LogP contribution in [-0.4, -0.2) is 5.71 Å². The van der Waals surface area contributed by atoms with Gasteiger partial charge in [-0.15, -0.1) is 0 Å². The molecule has 2 nitrogen and oxygen atoms in total. The molecular formula is C16H22N2. The van der Waals surface area contributed by atoms with Crippen molar-refractivity contribution < 1.29 is 0 Å². The third kappa shape index (κ3) is 2.53. The van der Waals surface area contributed by atoms with Crippen LogP contribution in [0.5, 0.6) is 0 Å². The van der Waals surface area contributed by atoms with Crippen molar-refractivity contribution in [2.45, 2.75) is 34.6 Å². The molecule has 0 saturated heterocycles. The van der Waals surface area contributed by atoms with Crippen LogP contribution in [0.25, 0.3) is 0 Å². The first-order chi connectivity index (χ1) is 8.27. The van der Waals surface area contributed by atoms with Gasteiger partial charge in [-0.25, -0.2) is 0 Å². The van der Waals surface area contributed by atoms with E-state index < -0.39 is 0 Å². The highest BCUT2D eigenvalue weighted by Gasteiger charge is 2.18. The van der Waals surface area contributed by atoms with Gasteiger partial charge in [-0.2, -0.15) is 0 Å². The van der Waals surface area contributed by atoms with E-state index in [-0.39, 0.29) is 0 Å². The third-order valence-corrected chi connectivity index (χ3v) is 3.44. The molecule has 2 heteroatoms. The summed E-state index contributed by atoms with van der Waals surface area (Å²) in [6.45, 7) is 14.0. The number of nitrogens with two attached hydrogens (primary N) is 1. The summed E-state index contributed by atoms with van der Waals surface area (Å²) in [6, 6.07) is 0. The summed E-state index contributed by atoms with van der Waals surface area (Å²) in [5.41, 5.74) is 13.2. The van der Waals surface area contributed by atoms with Crippen LogP contribution >= 0.6 is 0 Å². The van der Waals surface area contributed by atoms with E-state index in [4.69, 9.17) is 11.1 Å². The van der Waals surface area contributed by atoms with Crippen LogP contribution in [0, 0.1) is 5.41 Å². The van der Waals surface area contributed by atoms with E-state index in [2.05, 4.69) is 20.4 Å². The summed E-state index contributed by atoms with van der Waals surface area (Å²) < 4.78 is 0. The normalized spacial score (nSPS) is 17.9. The molecule has 1 aliphatic carbocycles. The maximum Gasteiger partial charge on any atom is 0.0850 e. The first-order valence-corrected chi connectivity index (χ1v) is 6.05. The van der Waals surface area contributed by atoms with Gasteiger partial charge in [0.2, 0.25) is 0 Å². The fourth-order valence-corrected chi connectivity index (χ4v) is 1.76. The Morgan fingerprint density at radius 1 is 1.11 bits per heavy atom. The molecule has 0 amide bonds. The van der Waals surface area contributed by atoms with Gasteiger partial charge in [-0.1, -0.05) is 29.9 Å². The van der Waals surface area contributed by atoms with E-state index in [0.29, 0.717) is 11.4 Å². The quantitative estimate of drug-likeness (QED) is 0.754. The van der Waals surface area contributed by atoms with Gasteiger partial charge in [0.15, 0.2) is 0 Å². The van der Waals surface area contributed by atoms with Crippen molar-refractivity contribution in [2.24, 2.45) is 5.73 Å². The van der Waals surface area contributed by atoms with Gasteiger partial charge in [0, 0.05) is 11.1 Å². The Labute approximate surface area is 110 Å². The fourth-order valence-electron chi connectivity index (χ4n) is 1.76. The van der Waals surface area contributed by atoms with Crippen LogP contribution in [-0.2, 0) is 0 Å². The SMILES string of the molecule is C=C(C)/C(C)=C1/C=CC(C(C)=C(C)C)=C(N)C1=N. The Balaban J connectivity index is 3.35. The van der Waals surface area contributed by atoms with Crippen LogP contribution < -0.4 is 5.73 Å². The van der Waals surface area contributed by atoms with Crippen LogP contribution in [0.4, 0.5) is 0 Å².